The lowest BCUT2D eigenvalue weighted by molar-refractivity contribution is -0.142. The fraction of sp³-hybridized carbons (Fsp3) is 0.300. The number of hydrogen-bond donors (Lipinski definition) is 1. The molecule has 1 N–H and O–H groups in total. The van der Waals surface area contributed by atoms with Crippen LogP contribution >= 0.6 is 0 Å². The molecule has 0 aliphatic rings. The predicted molar refractivity (Wildman–Crippen MR) is 51.6 cm³/mol. The molecule has 0 amide bonds. The van der Waals surface area contributed by atoms with Crippen molar-refractivity contribution in [1.82, 2.24) is 4.98 Å². The summed E-state index contributed by atoms with van der Waals surface area (Å²) >= 11 is 0. The summed E-state index contributed by atoms with van der Waals surface area (Å²) in [5.74, 6) is -1.93. The molecular weight excluding hydrogens is 198 g/mol. The van der Waals surface area contributed by atoms with Crippen molar-refractivity contribution < 1.29 is 19.4 Å². The summed E-state index contributed by atoms with van der Waals surface area (Å²) in [4.78, 5) is 25.6. The average molecular weight is 209 g/mol. The molecule has 1 aromatic rings. The summed E-state index contributed by atoms with van der Waals surface area (Å²) in [6, 6.07) is 2.91. The number of aromatic carboxylic acids is 1. The first-order chi connectivity index (χ1) is 7.06. The minimum Gasteiger partial charge on any atom is -0.478 e. The molecule has 0 fully saturated rings. The Bertz CT molecular complexity index is 372. The number of methoxy groups -OCH3 is 1. The second-order valence-electron chi connectivity index (χ2n) is 3.02. The van der Waals surface area contributed by atoms with Crippen LogP contribution in [0.1, 0.15) is 28.9 Å². The number of pyridine rings is 1. The van der Waals surface area contributed by atoms with Gasteiger partial charge in [0, 0.05) is 6.20 Å². The van der Waals surface area contributed by atoms with Gasteiger partial charge in [0.15, 0.2) is 0 Å². The fourth-order valence-electron chi connectivity index (χ4n) is 1.09. The van der Waals surface area contributed by atoms with Crippen molar-refractivity contribution in [2.24, 2.45) is 0 Å². The standard InChI is InChI=1S/C10H11NO4/c1-6(10(14)15-2)8-4-3-7(5-11-8)9(12)13/h3-6H,1-2H3,(H,12,13). The minimum absolute atomic E-state index is 0.0933. The Morgan fingerprint density at radius 1 is 1.47 bits per heavy atom. The van der Waals surface area contributed by atoms with E-state index < -0.39 is 17.9 Å². The molecule has 0 saturated heterocycles. The lowest BCUT2D eigenvalue weighted by atomic mass is 10.1. The number of hydrogen-bond acceptors (Lipinski definition) is 4. The van der Waals surface area contributed by atoms with Gasteiger partial charge >= 0.3 is 11.9 Å². The molecule has 1 heterocycles. The van der Waals surface area contributed by atoms with Crippen molar-refractivity contribution in [2.75, 3.05) is 7.11 Å². The average Bonchev–Trinajstić information content (AvgIpc) is 2.27. The topological polar surface area (TPSA) is 76.5 Å². The smallest absolute Gasteiger partial charge is 0.337 e. The highest BCUT2D eigenvalue weighted by Gasteiger charge is 2.17. The fourth-order valence-corrected chi connectivity index (χ4v) is 1.09. The van der Waals surface area contributed by atoms with Gasteiger partial charge in [-0.25, -0.2) is 4.79 Å². The third-order valence-electron chi connectivity index (χ3n) is 2.03. The van der Waals surface area contributed by atoms with Crippen LogP contribution in [0, 0.1) is 0 Å². The number of carbonyl (C=O) groups excluding carboxylic acids is 1. The van der Waals surface area contributed by atoms with E-state index in [2.05, 4.69) is 9.72 Å². The zero-order valence-corrected chi connectivity index (χ0v) is 8.43. The molecule has 5 heteroatoms. The summed E-state index contributed by atoms with van der Waals surface area (Å²) < 4.78 is 4.55. The first kappa shape index (κ1) is 11.2. The van der Waals surface area contributed by atoms with Gasteiger partial charge in [0.05, 0.1) is 24.3 Å². The number of rotatable bonds is 3. The van der Waals surface area contributed by atoms with Crippen molar-refractivity contribution in [3.8, 4) is 0 Å². The van der Waals surface area contributed by atoms with Crippen LogP contribution in [0.2, 0.25) is 0 Å². The van der Waals surface area contributed by atoms with Crippen LogP contribution in [0.15, 0.2) is 18.3 Å². The SMILES string of the molecule is COC(=O)C(C)c1ccc(C(=O)O)cn1. The van der Waals surface area contributed by atoms with E-state index in [9.17, 15) is 9.59 Å². The monoisotopic (exact) mass is 209 g/mol. The summed E-state index contributed by atoms with van der Waals surface area (Å²) in [5.41, 5.74) is 0.586. The van der Waals surface area contributed by atoms with E-state index in [4.69, 9.17) is 5.11 Å². The number of aromatic nitrogens is 1. The van der Waals surface area contributed by atoms with Crippen LogP contribution in [0.3, 0.4) is 0 Å². The molecule has 0 bridgehead atoms. The molecule has 0 radical (unpaired) electrons. The number of esters is 1. The maximum Gasteiger partial charge on any atom is 0.337 e. The van der Waals surface area contributed by atoms with Crippen molar-refractivity contribution in [1.29, 1.82) is 0 Å². The molecule has 5 nitrogen and oxygen atoms in total. The van der Waals surface area contributed by atoms with Crippen LogP contribution in [0.25, 0.3) is 0 Å². The highest BCUT2D eigenvalue weighted by atomic mass is 16.5. The van der Waals surface area contributed by atoms with Crippen LogP contribution < -0.4 is 0 Å². The highest BCUT2D eigenvalue weighted by Crippen LogP contribution is 2.14. The second kappa shape index (κ2) is 4.54. The summed E-state index contributed by atoms with van der Waals surface area (Å²) in [6.45, 7) is 1.65. The Balaban J connectivity index is 2.89. The van der Waals surface area contributed by atoms with Crippen LogP contribution in [-0.2, 0) is 9.53 Å². The van der Waals surface area contributed by atoms with Crippen LogP contribution in [0.4, 0.5) is 0 Å². The third-order valence-corrected chi connectivity index (χ3v) is 2.03. The molecule has 0 aromatic carbocycles. The molecule has 0 saturated carbocycles. The Labute approximate surface area is 86.7 Å². The van der Waals surface area contributed by atoms with Crippen molar-refractivity contribution >= 4 is 11.9 Å². The van der Waals surface area contributed by atoms with Gasteiger partial charge in [-0.05, 0) is 19.1 Å². The maximum absolute atomic E-state index is 11.2. The molecule has 1 atom stereocenters. The molecule has 1 rings (SSSR count). The number of ether oxygens (including phenoxy) is 1. The number of carbonyl (C=O) groups is 2. The van der Waals surface area contributed by atoms with E-state index in [1.54, 1.807) is 6.92 Å². The van der Waals surface area contributed by atoms with E-state index in [1.807, 2.05) is 0 Å². The lowest BCUT2D eigenvalue weighted by Gasteiger charge is -2.07. The molecular formula is C10H11NO4. The van der Waals surface area contributed by atoms with Crippen molar-refractivity contribution in [3.05, 3.63) is 29.6 Å². The number of carboxylic acids is 1. The molecule has 1 unspecified atom stereocenters. The molecule has 1 aromatic heterocycles. The maximum atomic E-state index is 11.2. The van der Waals surface area contributed by atoms with Gasteiger partial charge in [0.25, 0.3) is 0 Å². The minimum atomic E-state index is -1.04. The quantitative estimate of drug-likeness (QED) is 0.753. The zero-order chi connectivity index (χ0) is 11.4. The van der Waals surface area contributed by atoms with Gasteiger partial charge in [0.1, 0.15) is 0 Å². The molecule has 0 aliphatic heterocycles. The van der Waals surface area contributed by atoms with E-state index in [-0.39, 0.29) is 5.56 Å². The van der Waals surface area contributed by atoms with Gasteiger partial charge in [-0.15, -0.1) is 0 Å². The molecule has 15 heavy (non-hydrogen) atoms. The number of nitrogens with zero attached hydrogens (tertiary/aromatic N) is 1. The number of carboxylic acid groups (broad SMARTS) is 1. The first-order valence-corrected chi connectivity index (χ1v) is 4.33. The molecule has 80 valence electrons. The Morgan fingerprint density at radius 3 is 2.53 bits per heavy atom. The summed E-state index contributed by atoms with van der Waals surface area (Å²) in [5, 5.41) is 8.64. The van der Waals surface area contributed by atoms with E-state index in [0.717, 1.165) is 0 Å². The molecule has 0 aliphatic carbocycles. The third kappa shape index (κ3) is 2.52. The van der Waals surface area contributed by atoms with E-state index >= 15 is 0 Å². The van der Waals surface area contributed by atoms with Crippen LogP contribution in [-0.4, -0.2) is 29.1 Å². The zero-order valence-electron chi connectivity index (χ0n) is 8.43. The van der Waals surface area contributed by atoms with Gasteiger partial charge in [-0.2, -0.15) is 0 Å². The normalized spacial score (nSPS) is 11.9. The van der Waals surface area contributed by atoms with E-state index in [1.165, 1.54) is 25.4 Å². The van der Waals surface area contributed by atoms with Crippen molar-refractivity contribution in [2.45, 2.75) is 12.8 Å². The Morgan fingerprint density at radius 2 is 2.13 bits per heavy atom. The van der Waals surface area contributed by atoms with Gasteiger partial charge in [-0.1, -0.05) is 0 Å². The van der Waals surface area contributed by atoms with Crippen LogP contribution in [0.5, 0.6) is 0 Å². The molecule has 0 spiro atoms. The first-order valence-electron chi connectivity index (χ1n) is 4.33. The Hall–Kier alpha value is -1.91. The van der Waals surface area contributed by atoms with Gasteiger partial charge < -0.3 is 9.84 Å². The van der Waals surface area contributed by atoms with Gasteiger partial charge in [0.2, 0.25) is 0 Å². The summed E-state index contributed by atoms with van der Waals surface area (Å²) in [6.07, 6.45) is 1.22. The highest BCUT2D eigenvalue weighted by molar-refractivity contribution is 5.87. The van der Waals surface area contributed by atoms with Gasteiger partial charge in [-0.3, -0.25) is 9.78 Å². The largest absolute Gasteiger partial charge is 0.478 e. The summed E-state index contributed by atoms with van der Waals surface area (Å²) in [7, 11) is 1.30. The lowest BCUT2D eigenvalue weighted by Crippen LogP contribution is -2.12. The van der Waals surface area contributed by atoms with Crippen molar-refractivity contribution in [3.63, 3.8) is 0 Å². The Kier molecular flexibility index (Phi) is 3.38. The van der Waals surface area contributed by atoms with E-state index in [0.29, 0.717) is 5.69 Å². The second-order valence-corrected chi connectivity index (χ2v) is 3.02. The predicted octanol–water partition coefficient (Wildman–Crippen LogP) is 1.06.